The van der Waals surface area contributed by atoms with Gasteiger partial charge in [-0.05, 0) is 50.2 Å². The van der Waals surface area contributed by atoms with Crippen LogP contribution in [-0.4, -0.2) is 4.57 Å². The predicted octanol–water partition coefficient (Wildman–Crippen LogP) is 4.90. The van der Waals surface area contributed by atoms with Gasteiger partial charge >= 0.3 is 0 Å². The molecule has 21 heavy (non-hydrogen) atoms. The molecule has 1 heterocycles. The topological polar surface area (TPSA) is 28.7 Å². The van der Waals surface area contributed by atoms with Crippen LogP contribution in [0, 0.1) is 17.1 Å². The van der Waals surface area contributed by atoms with Gasteiger partial charge in [0.25, 0.3) is 0 Å². The monoisotopic (exact) mass is 278 g/mol. The lowest BCUT2D eigenvalue weighted by molar-refractivity contribution is 0.621. The van der Waals surface area contributed by atoms with Crippen LogP contribution in [0.5, 0.6) is 0 Å². The molecular weight excluding hydrogens is 263 g/mol. The second-order valence-electron chi connectivity index (χ2n) is 5.39. The Balaban J connectivity index is 2.31. The summed E-state index contributed by atoms with van der Waals surface area (Å²) >= 11 is 0. The van der Waals surface area contributed by atoms with Crippen molar-refractivity contribution in [1.82, 2.24) is 4.57 Å². The fraction of sp³-hybridized carbons (Fsp3) is 0.167. The fourth-order valence-corrected chi connectivity index (χ4v) is 2.73. The van der Waals surface area contributed by atoms with Crippen molar-refractivity contribution in [2.75, 3.05) is 0 Å². The minimum absolute atomic E-state index is 0.244. The van der Waals surface area contributed by atoms with Crippen LogP contribution >= 0.6 is 0 Å². The molecule has 0 unspecified atom stereocenters. The maximum Gasteiger partial charge on any atom is 0.123 e. The van der Waals surface area contributed by atoms with E-state index in [2.05, 4.69) is 24.5 Å². The Hall–Kier alpha value is -2.60. The van der Waals surface area contributed by atoms with Gasteiger partial charge in [-0.3, -0.25) is 0 Å². The van der Waals surface area contributed by atoms with E-state index in [0.717, 1.165) is 22.2 Å². The fourth-order valence-electron chi connectivity index (χ4n) is 2.73. The van der Waals surface area contributed by atoms with Gasteiger partial charge in [-0.15, -0.1) is 0 Å². The first-order valence-corrected chi connectivity index (χ1v) is 6.91. The van der Waals surface area contributed by atoms with E-state index in [-0.39, 0.29) is 11.9 Å². The zero-order chi connectivity index (χ0) is 15.0. The summed E-state index contributed by atoms with van der Waals surface area (Å²) in [4.78, 5) is 0. The number of hydrogen-bond donors (Lipinski definition) is 0. The van der Waals surface area contributed by atoms with Gasteiger partial charge in [0.2, 0.25) is 0 Å². The van der Waals surface area contributed by atoms with E-state index < -0.39 is 0 Å². The summed E-state index contributed by atoms with van der Waals surface area (Å²) in [6, 6.07) is 16.7. The third-order valence-corrected chi connectivity index (χ3v) is 3.60. The van der Waals surface area contributed by atoms with E-state index in [4.69, 9.17) is 5.26 Å². The molecule has 0 bridgehead atoms. The quantitative estimate of drug-likeness (QED) is 0.655. The predicted molar refractivity (Wildman–Crippen MR) is 82.4 cm³/mol. The van der Waals surface area contributed by atoms with Gasteiger partial charge in [0.15, 0.2) is 0 Å². The van der Waals surface area contributed by atoms with Crippen molar-refractivity contribution in [3.63, 3.8) is 0 Å². The van der Waals surface area contributed by atoms with E-state index in [1.54, 1.807) is 6.07 Å². The summed E-state index contributed by atoms with van der Waals surface area (Å²) in [7, 11) is 0. The molecule has 0 radical (unpaired) electrons. The molecule has 104 valence electrons. The summed E-state index contributed by atoms with van der Waals surface area (Å²) in [5.74, 6) is -0.245. The molecule has 1 aromatic heterocycles. The number of nitrogens with zero attached hydrogens (tertiary/aromatic N) is 2. The molecule has 2 nitrogen and oxygen atoms in total. The Kier molecular flexibility index (Phi) is 3.23. The summed E-state index contributed by atoms with van der Waals surface area (Å²) in [6.45, 7) is 4.20. The molecule has 0 N–H and O–H groups in total. The molecular formula is C18H15FN2. The first-order chi connectivity index (χ1) is 10.1. The molecule has 3 aromatic rings. The third kappa shape index (κ3) is 2.30. The van der Waals surface area contributed by atoms with Crippen LogP contribution < -0.4 is 0 Å². The van der Waals surface area contributed by atoms with Gasteiger partial charge in [-0.1, -0.05) is 12.1 Å². The molecule has 3 heteroatoms. The van der Waals surface area contributed by atoms with Crippen molar-refractivity contribution in [2.45, 2.75) is 19.9 Å². The highest BCUT2D eigenvalue weighted by Gasteiger charge is 2.13. The highest BCUT2D eigenvalue weighted by Crippen LogP contribution is 2.32. The minimum Gasteiger partial charge on any atom is -0.338 e. The summed E-state index contributed by atoms with van der Waals surface area (Å²) in [5.41, 5.74) is 3.51. The number of halogens is 1. The number of aromatic nitrogens is 1. The van der Waals surface area contributed by atoms with Gasteiger partial charge in [0.1, 0.15) is 5.82 Å². The Morgan fingerprint density at radius 1 is 1.10 bits per heavy atom. The second kappa shape index (κ2) is 5.06. The summed E-state index contributed by atoms with van der Waals surface area (Å²) in [6.07, 6.45) is 0. The SMILES string of the molecule is CC(C)n1c(-c2cccc(F)c2)cc2cc(C#N)ccc21. The van der Waals surface area contributed by atoms with E-state index in [1.165, 1.54) is 12.1 Å². The number of fused-ring (bicyclic) bond motifs is 1. The van der Waals surface area contributed by atoms with Crippen LogP contribution in [0.15, 0.2) is 48.5 Å². The van der Waals surface area contributed by atoms with Crippen molar-refractivity contribution < 1.29 is 4.39 Å². The highest BCUT2D eigenvalue weighted by molar-refractivity contribution is 5.88. The molecule has 0 spiro atoms. The number of nitriles is 1. The van der Waals surface area contributed by atoms with Crippen LogP contribution in [0.1, 0.15) is 25.5 Å². The summed E-state index contributed by atoms with van der Waals surface area (Å²) < 4.78 is 15.7. The van der Waals surface area contributed by atoms with Gasteiger partial charge < -0.3 is 4.57 Å². The second-order valence-corrected chi connectivity index (χ2v) is 5.39. The summed E-state index contributed by atoms with van der Waals surface area (Å²) in [5, 5.41) is 10.0. The molecule has 0 aliphatic rings. The van der Waals surface area contributed by atoms with Gasteiger partial charge in [-0.2, -0.15) is 5.26 Å². The Bertz CT molecular complexity index is 853. The Labute approximate surface area is 123 Å². The zero-order valence-electron chi connectivity index (χ0n) is 12.0. The normalized spacial score (nSPS) is 11.0. The van der Waals surface area contributed by atoms with Crippen LogP contribution in [0.25, 0.3) is 22.2 Å². The minimum atomic E-state index is -0.245. The molecule has 0 amide bonds. The lowest BCUT2D eigenvalue weighted by Gasteiger charge is -2.15. The highest BCUT2D eigenvalue weighted by atomic mass is 19.1. The number of benzene rings is 2. The molecule has 0 aliphatic carbocycles. The van der Waals surface area contributed by atoms with Crippen molar-refractivity contribution in [2.24, 2.45) is 0 Å². The first-order valence-electron chi connectivity index (χ1n) is 6.91. The van der Waals surface area contributed by atoms with Crippen LogP contribution in [-0.2, 0) is 0 Å². The molecule has 3 rings (SSSR count). The van der Waals surface area contributed by atoms with Crippen LogP contribution in [0.2, 0.25) is 0 Å². The number of rotatable bonds is 2. The maximum atomic E-state index is 13.5. The largest absolute Gasteiger partial charge is 0.338 e. The molecule has 0 aliphatic heterocycles. The maximum absolute atomic E-state index is 13.5. The van der Waals surface area contributed by atoms with Gasteiger partial charge in [-0.25, -0.2) is 4.39 Å². The van der Waals surface area contributed by atoms with Gasteiger partial charge in [0, 0.05) is 28.2 Å². The van der Waals surface area contributed by atoms with Crippen molar-refractivity contribution in [3.05, 3.63) is 59.9 Å². The van der Waals surface area contributed by atoms with Crippen molar-refractivity contribution in [1.29, 1.82) is 5.26 Å². The molecule has 0 saturated heterocycles. The van der Waals surface area contributed by atoms with Crippen molar-refractivity contribution in [3.8, 4) is 17.3 Å². The first kappa shape index (κ1) is 13.4. The molecule has 2 aromatic carbocycles. The van der Waals surface area contributed by atoms with E-state index in [1.807, 2.05) is 30.3 Å². The molecule has 0 saturated carbocycles. The average Bonchev–Trinajstić information content (AvgIpc) is 2.85. The Morgan fingerprint density at radius 2 is 1.90 bits per heavy atom. The Morgan fingerprint density at radius 3 is 2.57 bits per heavy atom. The van der Waals surface area contributed by atoms with Crippen LogP contribution in [0.4, 0.5) is 4.39 Å². The lowest BCUT2D eigenvalue weighted by atomic mass is 10.1. The smallest absolute Gasteiger partial charge is 0.123 e. The number of hydrogen-bond acceptors (Lipinski definition) is 1. The van der Waals surface area contributed by atoms with E-state index in [0.29, 0.717) is 5.56 Å². The standard InChI is InChI=1S/C18H15FN2/c1-12(2)21-17-7-6-13(11-20)8-15(17)10-18(21)14-4-3-5-16(19)9-14/h3-10,12H,1-2H3. The lowest BCUT2D eigenvalue weighted by Crippen LogP contribution is -2.02. The molecule has 0 atom stereocenters. The average molecular weight is 278 g/mol. The van der Waals surface area contributed by atoms with Gasteiger partial charge in [0.05, 0.1) is 11.6 Å². The van der Waals surface area contributed by atoms with E-state index in [9.17, 15) is 4.39 Å². The van der Waals surface area contributed by atoms with E-state index >= 15 is 0 Å². The zero-order valence-corrected chi connectivity index (χ0v) is 12.0. The third-order valence-electron chi connectivity index (χ3n) is 3.60. The van der Waals surface area contributed by atoms with Crippen molar-refractivity contribution >= 4 is 10.9 Å². The van der Waals surface area contributed by atoms with Crippen LogP contribution in [0.3, 0.4) is 0 Å². The molecule has 0 fully saturated rings.